The third-order valence-electron chi connectivity index (χ3n) is 7.08. The van der Waals surface area contributed by atoms with Crippen molar-refractivity contribution in [2.75, 3.05) is 10.6 Å². The van der Waals surface area contributed by atoms with Crippen molar-refractivity contribution in [1.82, 2.24) is 0 Å². The SMILES string of the molecule is O=C(Nc1cc(C(c2ccc(O)c(NC(=O)c3c(F)c(F)c(F)c(F)c3F)c2)(C(F)(F)F)C(F)(F)F)ccc1O)c1c(F)c(F)c(F)c(F)c1F. The number of amides is 2. The van der Waals surface area contributed by atoms with Gasteiger partial charge in [-0.3, -0.25) is 9.59 Å². The molecule has 0 unspecified atom stereocenters. The predicted octanol–water partition coefficient (Wildman–Crippen LogP) is 8.40. The number of nitrogens with one attached hydrogen (secondary N) is 2. The molecule has 0 aliphatic carbocycles. The van der Waals surface area contributed by atoms with E-state index in [1.54, 1.807) is 0 Å². The maximum Gasteiger partial charge on any atom is 0.411 e. The van der Waals surface area contributed by atoms with Crippen LogP contribution >= 0.6 is 0 Å². The maximum absolute atomic E-state index is 14.8. The zero-order valence-electron chi connectivity index (χ0n) is 23.7. The lowest BCUT2D eigenvalue weighted by molar-refractivity contribution is -0.288. The van der Waals surface area contributed by atoms with Crippen molar-refractivity contribution in [3.63, 3.8) is 0 Å². The van der Waals surface area contributed by atoms with Crippen LogP contribution in [0.5, 0.6) is 11.5 Å². The van der Waals surface area contributed by atoms with E-state index in [0.29, 0.717) is 0 Å². The summed E-state index contributed by atoms with van der Waals surface area (Å²) < 4.78 is 226. The number of benzene rings is 4. The van der Waals surface area contributed by atoms with Gasteiger partial charge in [-0.25, -0.2) is 43.9 Å². The van der Waals surface area contributed by atoms with E-state index < -0.39 is 133 Å². The smallest absolute Gasteiger partial charge is 0.411 e. The summed E-state index contributed by atoms with van der Waals surface area (Å²) in [5.41, 5.74) is -17.1. The standard InChI is InChI=1S/C29H10F16N2O4/c30-15-13(16(31)20(35)23(38)19(15)34)25(50)46-9-5-7(1-3-11(9)48)27(28(40,41)42,29(43,44)45)8-2-4-12(49)10(6-8)47-26(51)14-17(32)21(36)24(39)22(37)18(14)33/h1-6,48-49H,(H,46,50)(H,47,51). The monoisotopic (exact) mass is 754 g/mol. The van der Waals surface area contributed by atoms with Crippen LogP contribution in [0.25, 0.3) is 0 Å². The number of phenolic OH excluding ortho intramolecular Hbond substituents is 2. The Hall–Kier alpha value is -5.70. The van der Waals surface area contributed by atoms with Crippen LogP contribution in [0.2, 0.25) is 0 Å². The average Bonchev–Trinajstić information content (AvgIpc) is 3.03. The molecule has 272 valence electrons. The molecule has 4 N–H and O–H groups in total. The molecule has 4 aromatic rings. The number of rotatable bonds is 6. The fourth-order valence-corrected chi connectivity index (χ4v) is 4.70. The Morgan fingerprint density at radius 1 is 0.451 bits per heavy atom. The molecule has 0 aliphatic rings. The first-order chi connectivity index (χ1) is 23.4. The van der Waals surface area contributed by atoms with Gasteiger partial charge in [0.15, 0.2) is 46.5 Å². The highest BCUT2D eigenvalue weighted by atomic mass is 19.4. The first-order valence-corrected chi connectivity index (χ1v) is 12.9. The molecule has 4 rings (SSSR count). The number of carbonyl (C=O) groups excluding carboxylic acids is 2. The van der Waals surface area contributed by atoms with E-state index in [4.69, 9.17) is 0 Å². The van der Waals surface area contributed by atoms with Gasteiger partial charge >= 0.3 is 12.4 Å². The zero-order chi connectivity index (χ0) is 38.7. The fraction of sp³-hybridized carbons (Fsp3) is 0.103. The summed E-state index contributed by atoms with van der Waals surface area (Å²) in [4.78, 5) is 24.9. The predicted molar refractivity (Wildman–Crippen MR) is 137 cm³/mol. The number of phenols is 2. The fourth-order valence-electron chi connectivity index (χ4n) is 4.70. The van der Waals surface area contributed by atoms with Gasteiger partial charge in [0.05, 0.1) is 11.4 Å². The van der Waals surface area contributed by atoms with Gasteiger partial charge < -0.3 is 20.8 Å². The van der Waals surface area contributed by atoms with Gasteiger partial charge in [0, 0.05) is 0 Å². The average molecular weight is 754 g/mol. The van der Waals surface area contributed by atoms with Gasteiger partial charge in [-0.2, -0.15) is 26.3 Å². The summed E-state index contributed by atoms with van der Waals surface area (Å²) in [5.74, 6) is -35.0. The van der Waals surface area contributed by atoms with E-state index in [2.05, 4.69) is 0 Å². The molecule has 2 amide bonds. The molecule has 0 aliphatic heterocycles. The van der Waals surface area contributed by atoms with Crippen LogP contribution in [0.4, 0.5) is 81.6 Å². The molecule has 0 bridgehead atoms. The molecule has 0 atom stereocenters. The number of halogens is 16. The Kier molecular flexibility index (Phi) is 9.62. The van der Waals surface area contributed by atoms with Crippen molar-refractivity contribution in [3.8, 4) is 11.5 Å². The first-order valence-electron chi connectivity index (χ1n) is 12.9. The number of carbonyl (C=O) groups is 2. The topological polar surface area (TPSA) is 98.7 Å². The zero-order valence-corrected chi connectivity index (χ0v) is 23.7. The lowest BCUT2D eigenvalue weighted by Crippen LogP contribution is -2.54. The Bertz CT molecular complexity index is 1910. The second-order valence-corrected chi connectivity index (χ2v) is 10.0. The van der Waals surface area contributed by atoms with E-state index in [1.165, 1.54) is 10.6 Å². The van der Waals surface area contributed by atoms with Crippen LogP contribution in [-0.4, -0.2) is 34.4 Å². The van der Waals surface area contributed by atoms with Crippen LogP contribution in [0, 0.1) is 58.2 Å². The highest BCUT2D eigenvalue weighted by molar-refractivity contribution is 6.06. The first kappa shape index (κ1) is 38.1. The summed E-state index contributed by atoms with van der Waals surface area (Å²) >= 11 is 0. The maximum atomic E-state index is 14.8. The number of hydrogen-bond donors (Lipinski definition) is 4. The van der Waals surface area contributed by atoms with Crippen LogP contribution in [-0.2, 0) is 5.41 Å². The summed E-state index contributed by atoms with van der Waals surface area (Å²) in [6, 6.07) is -0.598. The molecule has 0 saturated carbocycles. The highest BCUT2D eigenvalue weighted by Crippen LogP contribution is 2.57. The van der Waals surface area contributed by atoms with Gasteiger partial charge in [-0.15, -0.1) is 0 Å². The summed E-state index contributed by atoms with van der Waals surface area (Å²) in [6.07, 6.45) is -13.2. The molecule has 6 nitrogen and oxygen atoms in total. The van der Waals surface area contributed by atoms with Crippen molar-refractivity contribution in [2.45, 2.75) is 17.8 Å². The molecular weight excluding hydrogens is 744 g/mol. The quantitative estimate of drug-likeness (QED) is 0.0688. The summed E-state index contributed by atoms with van der Waals surface area (Å²) in [6.45, 7) is 0. The van der Waals surface area contributed by atoms with Crippen molar-refractivity contribution in [3.05, 3.63) is 117 Å². The minimum Gasteiger partial charge on any atom is -0.506 e. The second-order valence-electron chi connectivity index (χ2n) is 10.0. The molecule has 0 radical (unpaired) electrons. The summed E-state index contributed by atoms with van der Waals surface area (Å²) in [7, 11) is 0. The van der Waals surface area contributed by atoms with Crippen molar-refractivity contribution in [2.24, 2.45) is 0 Å². The van der Waals surface area contributed by atoms with Crippen LogP contribution in [0.3, 0.4) is 0 Å². The van der Waals surface area contributed by atoms with Crippen molar-refractivity contribution >= 4 is 23.2 Å². The number of aromatic hydroxyl groups is 2. The van der Waals surface area contributed by atoms with Gasteiger partial charge in [0.2, 0.25) is 17.0 Å². The number of anilines is 2. The van der Waals surface area contributed by atoms with Gasteiger partial charge in [0.1, 0.15) is 22.6 Å². The number of hydrogen-bond acceptors (Lipinski definition) is 4. The van der Waals surface area contributed by atoms with E-state index in [9.17, 15) is 90.0 Å². The van der Waals surface area contributed by atoms with Gasteiger partial charge in [-0.1, -0.05) is 12.1 Å². The largest absolute Gasteiger partial charge is 0.506 e. The van der Waals surface area contributed by atoms with Crippen molar-refractivity contribution < 1.29 is 90.0 Å². The van der Waals surface area contributed by atoms with E-state index >= 15 is 0 Å². The van der Waals surface area contributed by atoms with E-state index in [0.717, 1.165) is 0 Å². The summed E-state index contributed by atoms with van der Waals surface area (Å²) in [5, 5.41) is 22.6. The third-order valence-corrected chi connectivity index (χ3v) is 7.08. The highest BCUT2D eigenvalue weighted by Gasteiger charge is 2.72. The Morgan fingerprint density at radius 3 is 0.961 bits per heavy atom. The molecule has 51 heavy (non-hydrogen) atoms. The van der Waals surface area contributed by atoms with Crippen molar-refractivity contribution in [1.29, 1.82) is 0 Å². The Balaban J connectivity index is 1.91. The Morgan fingerprint density at radius 2 is 0.706 bits per heavy atom. The Labute approximate surface area is 270 Å². The molecule has 22 heteroatoms. The van der Waals surface area contributed by atoms with E-state index in [-0.39, 0.29) is 36.4 Å². The third kappa shape index (κ3) is 6.07. The number of alkyl halides is 6. The van der Waals surface area contributed by atoms with Crippen LogP contribution in [0.1, 0.15) is 31.8 Å². The minimum absolute atomic E-state index is 0.0575. The molecule has 0 fully saturated rings. The van der Waals surface area contributed by atoms with Crippen LogP contribution < -0.4 is 10.6 Å². The molecular formula is C29H10F16N2O4. The molecule has 4 aromatic carbocycles. The molecule has 0 saturated heterocycles. The second kappa shape index (κ2) is 12.9. The normalized spacial score (nSPS) is 12.2. The minimum atomic E-state index is -6.58. The molecule has 0 heterocycles. The lowest BCUT2D eigenvalue weighted by Gasteiger charge is -2.38. The van der Waals surface area contributed by atoms with E-state index in [1.807, 2.05) is 0 Å². The molecule has 0 spiro atoms. The van der Waals surface area contributed by atoms with Gasteiger partial charge in [-0.05, 0) is 35.4 Å². The van der Waals surface area contributed by atoms with Gasteiger partial charge in [0.25, 0.3) is 11.8 Å². The van der Waals surface area contributed by atoms with Crippen LogP contribution in [0.15, 0.2) is 36.4 Å². The lowest BCUT2D eigenvalue weighted by atomic mass is 9.72. The molecule has 0 aromatic heterocycles.